The van der Waals surface area contributed by atoms with Crippen molar-refractivity contribution in [1.29, 1.82) is 10.5 Å². The molecule has 0 fully saturated rings. The van der Waals surface area contributed by atoms with Crippen LogP contribution in [-0.4, -0.2) is 24.5 Å². The summed E-state index contributed by atoms with van der Waals surface area (Å²) in [5, 5.41) is 16.8. The van der Waals surface area contributed by atoms with Crippen LogP contribution in [0.1, 0.15) is 12.8 Å². The fraction of sp³-hybridized carbons (Fsp3) is 0.556. The van der Waals surface area contributed by atoms with Crippen molar-refractivity contribution in [3.8, 4) is 24.5 Å². The highest BCUT2D eigenvalue weighted by Crippen LogP contribution is 1.92. The maximum absolute atomic E-state index is 8.38. The molecule has 0 aromatic heterocycles. The average molecular weight is 161 g/mol. The molecule has 3 nitrogen and oxygen atoms in total. The zero-order valence-corrected chi connectivity index (χ0v) is 6.95. The summed E-state index contributed by atoms with van der Waals surface area (Å²) in [6.07, 6.45) is 6.61. The van der Waals surface area contributed by atoms with Crippen LogP contribution < -0.4 is 0 Å². The molecule has 0 atom stereocenters. The molecule has 0 aliphatic heterocycles. The van der Waals surface area contributed by atoms with E-state index in [0.29, 0.717) is 19.5 Å². The molecule has 0 bridgehead atoms. The molecule has 12 heavy (non-hydrogen) atoms. The van der Waals surface area contributed by atoms with Crippen molar-refractivity contribution in [3.05, 3.63) is 0 Å². The summed E-state index contributed by atoms with van der Waals surface area (Å²) in [7, 11) is 0. The van der Waals surface area contributed by atoms with Gasteiger partial charge in [-0.3, -0.25) is 4.90 Å². The van der Waals surface area contributed by atoms with E-state index < -0.39 is 0 Å². The Balaban J connectivity index is 3.60. The van der Waals surface area contributed by atoms with E-state index in [2.05, 4.69) is 5.92 Å². The number of nitrogens with zero attached hydrogens (tertiary/aromatic N) is 3. The lowest BCUT2D eigenvalue weighted by molar-refractivity contribution is 0.339. The zero-order chi connectivity index (χ0) is 9.23. The molecule has 0 unspecified atom stereocenters. The number of terminal acetylenes is 1. The van der Waals surface area contributed by atoms with Gasteiger partial charge >= 0.3 is 0 Å². The van der Waals surface area contributed by atoms with E-state index in [4.69, 9.17) is 16.9 Å². The summed E-state index contributed by atoms with van der Waals surface area (Å²) in [6, 6.07) is 4.01. The summed E-state index contributed by atoms with van der Waals surface area (Å²) in [6.45, 7) is 1.33. The highest BCUT2D eigenvalue weighted by atomic mass is 15.1. The quantitative estimate of drug-likeness (QED) is 0.339. The van der Waals surface area contributed by atoms with E-state index in [1.807, 2.05) is 12.1 Å². The van der Waals surface area contributed by atoms with Gasteiger partial charge in [-0.1, -0.05) is 0 Å². The van der Waals surface area contributed by atoms with Crippen LogP contribution in [0.25, 0.3) is 0 Å². The average Bonchev–Trinajstić information content (AvgIpc) is 2.06. The molecule has 0 amide bonds. The van der Waals surface area contributed by atoms with Crippen LogP contribution in [0.2, 0.25) is 0 Å². The lowest BCUT2D eigenvalue weighted by Crippen LogP contribution is -2.25. The van der Waals surface area contributed by atoms with Crippen molar-refractivity contribution in [2.75, 3.05) is 19.6 Å². The zero-order valence-electron chi connectivity index (χ0n) is 6.95. The number of hydrogen-bond donors (Lipinski definition) is 0. The van der Waals surface area contributed by atoms with E-state index in [0.717, 1.165) is 13.0 Å². The van der Waals surface area contributed by atoms with Crippen molar-refractivity contribution in [1.82, 2.24) is 4.90 Å². The van der Waals surface area contributed by atoms with Gasteiger partial charge in [-0.15, -0.1) is 12.3 Å². The Morgan fingerprint density at radius 2 is 1.75 bits per heavy atom. The molecule has 62 valence electrons. The van der Waals surface area contributed by atoms with Gasteiger partial charge in [0.2, 0.25) is 0 Å². The topological polar surface area (TPSA) is 50.8 Å². The number of hydrogen-bond acceptors (Lipinski definition) is 3. The van der Waals surface area contributed by atoms with Crippen LogP contribution in [0, 0.1) is 35.0 Å². The molecular formula is C9H11N3. The second kappa shape index (κ2) is 7.61. The van der Waals surface area contributed by atoms with Crippen LogP contribution in [0.15, 0.2) is 0 Å². The Bertz CT molecular complexity index is 210. The van der Waals surface area contributed by atoms with Crippen LogP contribution >= 0.6 is 0 Å². The molecule has 0 aliphatic rings. The van der Waals surface area contributed by atoms with Gasteiger partial charge in [0.1, 0.15) is 0 Å². The molecule has 0 aliphatic carbocycles. The fourth-order valence-corrected chi connectivity index (χ4v) is 0.819. The van der Waals surface area contributed by atoms with E-state index >= 15 is 0 Å². The molecule has 0 saturated carbocycles. The van der Waals surface area contributed by atoms with Gasteiger partial charge in [-0.2, -0.15) is 10.5 Å². The molecule has 3 heteroatoms. The van der Waals surface area contributed by atoms with Crippen LogP contribution in [-0.2, 0) is 0 Å². The van der Waals surface area contributed by atoms with Gasteiger partial charge in [0.25, 0.3) is 0 Å². The Hall–Kier alpha value is -1.50. The number of unbranched alkanes of at least 4 members (excludes halogenated alkanes) is 1. The van der Waals surface area contributed by atoms with Gasteiger partial charge in [0.05, 0.1) is 25.2 Å². The van der Waals surface area contributed by atoms with Crippen molar-refractivity contribution in [3.63, 3.8) is 0 Å². The van der Waals surface area contributed by atoms with Gasteiger partial charge < -0.3 is 0 Å². The third-order valence-corrected chi connectivity index (χ3v) is 1.38. The van der Waals surface area contributed by atoms with E-state index in [1.165, 1.54) is 0 Å². The summed E-state index contributed by atoms with van der Waals surface area (Å²) >= 11 is 0. The first-order valence-electron chi connectivity index (χ1n) is 3.75. The monoisotopic (exact) mass is 161 g/mol. The highest BCUT2D eigenvalue weighted by Gasteiger charge is 2.01. The normalized spacial score (nSPS) is 8.50. The molecule has 0 spiro atoms. The maximum atomic E-state index is 8.38. The molecular weight excluding hydrogens is 150 g/mol. The third-order valence-electron chi connectivity index (χ3n) is 1.38. The maximum Gasteiger partial charge on any atom is 0.0874 e. The van der Waals surface area contributed by atoms with E-state index in [9.17, 15) is 0 Å². The van der Waals surface area contributed by atoms with Gasteiger partial charge in [-0.05, 0) is 6.42 Å². The van der Waals surface area contributed by atoms with E-state index in [-0.39, 0.29) is 0 Å². The Labute approximate surface area is 73.2 Å². The first-order chi connectivity index (χ1) is 5.85. The van der Waals surface area contributed by atoms with Gasteiger partial charge in [0, 0.05) is 13.0 Å². The van der Waals surface area contributed by atoms with Crippen LogP contribution in [0.3, 0.4) is 0 Å². The second-order valence-corrected chi connectivity index (χ2v) is 2.33. The Morgan fingerprint density at radius 3 is 2.17 bits per heavy atom. The minimum Gasteiger partial charge on any atom is -0.277 e. The summed E-state index contributed by atoms with van der Waals surface area (Å²) in [5.74, 6) is 2.51. The number of nitriles is 2. The van der Waals surface area contributed by atoms with Gasteiger partial charge in [-0.25, -0.2) is 0 Å². The minimum atomic E-state index is 0.304. The highest BCUT2D eigenvalue weighted by molar-refractivity contribution is 4.86. The van der Waals surface area contributed by atoms with Crippen molar-refractivity contribution < 1.29 is 0 Å². The Morgan fingerprint density at radius 1 is 1.17 bits per heavy atom. The molecule has 0 rings (SSSR count). The summed E-state index contributed by atoms with van der Waals surface area (Å²) < 4.78 is 0. The molecule has 0 aromatic carbocycles. The second-order valence-electron chi connectivity index (χ2n) is 2.33. The third kappa shape index (κ3) is 5.30. The molecule has 0 aromatic rings. The first-order valence-corrected chi connectivity index (χ1v) is 3.75. The predicted octanol–water partition coefficient (Wildman–Crippen LogP) is 0.749. The van der Waals surface area contributed by atoms with Crippen molar-refractivity contribution >= 4 is 0 Å². The minimum absolute atomic E-state index is 0.304. The lowest BCUT2D eigenvalue weighted by atomic mass is 10.3. The SMILES string of the molecule is C#CCCCN(CC#N)CC#N. The Kier molecular flexibility index (Phi) is 6.65. The largest absolute Gasteiger partial charge is 0.277 e. The number of rotatable bonds is 5. The van der Waals surface area contributed by atoms with Crippen LogP contribution in [0.5, 0.6) is 0 Å². The molecule has 0 heterocycles. The predicted molar refractivity (Wildman–Crippen MR) is 45.7 cm³/mol. The standard InChI is InChI=1S/C9H11N3/c1-2-3-4-7-12(8-5-10)9-6-11/h1H,3-4,7-9H2. The molecule has 0 radical (unpaired) electrons. The first kappa shape index (κ1) is 10.5. The van der Waals surface area contributed by atoms with Crippen LogP contribution in [0.4, 0.5) is 0 Å². The van der Waals surface area contributed by atoms with E-state index in [1.54, 1.807) is 4.90 Å². The van der Waals surface area contributed by atoms with Gasteiger partial charge in [0.15, 0.2) is 0 Å². The smallest absolute Gasteiger partial charge is 0.0874 e. The fourth-order valence-electron chi connectivity index (χ4n) is 0.819. The van der Waals surface area contributed by atoms with Crippen molar-refractivity contribution in [2.24, 2.45) is 0 Å². The van der Waals surface area contributed by atoms with Crippen molar-refractivity contribution in [2.45, 2.75) is 12.8 Å². The summed E-state index contributed by atoms with van der Waals surface area (Å²) in [4.78, 5) is 1.78. The molecule has 0 saturated heterocycles. The molecule has 0 N–H and O–H groups in total. The lowest BCUT2D eigenvalue weighted by Gasteiger charge is -2.13. The summed E-state index contributed by atoms with van der Waals surface area (Å²) in [5.41, 5.74) is 0.